The van der Waals surface area contributed by atoms with Gasteiger partial charge < -0.3 is 9.47 Å². The van der Waals surface area contributed by atoms with Gasteiger partial charge >= 0.3 is 11.9 Å². The lowest BCUT2D eigenvalue weighted by atomic mass is 9.95. The van der Waals surface area contributed by atoms with E-state index in [-0.39, 0.29) is 6.42 Å². The third-order valence-corrected chi connectivity index (χ3v) is 3.59. The molecule has 1 heterocycles. The Morgan fingerprint density at radius 2 is 2.00 bits per heavy atom. The van der Waals surface area contributed by atoms with Crippen LogP contribution in [0, 0.1) is 5.92 Å². The van der Waals surface area contributed by atoms with E-state index in [2.05, 4.69) is 4.74 Å². The molecule has 1 aliphatic heterocycles. The van der Waals surface area contributed by atoms with E-state index in [0.717, 1.165) is 22.1 Å². The molecule has 0 spiro atoms. The smallest absolute Gasteiger partial charge is 0.317 e. The SMILES string of the molecule is COc1c(CC2CC(=O)OC2=O)ccc2ccccc12. The summed E-state index contributed by atoms with van der Waals surface area (Å²) in [6.07, 6.45) is 0.605. The zero-order valence-corrected chi connectivity index (χ0v) is 11.1. The number of carbonyl (C=O) groups excluding carboxylic acids is 2. The van der Waals surface area contributed by atoms with Gasteiger partial charge in [-0.2, -0.15) is 0 Å². The Labute approximate surface area is 116 Å². The van der Waals surface area contributed by atoms with Crippen LogP contribution >= 0.6 is 0 Å². The molecule has 0 radical (unpaired) electrons. The van der Waals surface area contributed by atoms with Crippen LogP contribution in [0.4, 0.5) is 0 Å². The van der Waals surface area contributed by atoms with Crippen molar-refractivity contribution in [3.05, 3.63) is 42.0 Å². The van der Waals surface area contributed by atoms with E-state index in [4.69, 9.17) is 4.74 Å². The molecule has 1 unspecified atom stereocenters. The van der Waals surface area contributed by atoms with Crippen LogP contribution in [0.1, 0.15) is 12.0 Å². The highest BCUT2D eigenvalue weighted by molar-refractivity contribution is 5.95. The largest absolute Gasteiger partial charge is 0.496 e. The predicted molar refractivity (Wildman–Crippen MR) is 73.4 cm³/mol. The zero-order valence-electron chi connectivity index (χ0n) is 11.1. The molecule has 0 amide bonds. The first kappa shape index (κ1) is 12.7. The lowest BCUT2D eigenvalue weighted by Crippen LogP contribution is -2.11. The predicted octanol–water partition coefficient (Wildman–Crippen LogP) is 2.48. The number of fused-ring (bicyclic) bond motifs is 1. The molecule has 0 bridgehead atoms. The first-order valence-corrected chi connectivity index (χ1v) is 6.48. The minimum Gasteiger partial charge on any atom is -0.496 e. The number of hydrogen-bond acceptors (Lipinski definition) is 4. The van der Waals surface area contributed by atoms with Crippen molar-refractivity contribution in [2.75, 3.05) is 7.11 Å². The summed E-state index contributed by atoms with van der Waals surface area (Å²) in [4.78, 5) is 22.7. The number of esters is 2. The zero-order chi connectivity index (χ0) is 14.1. The normalized spacial score (nSPS) is 18.4. The van der Waals surface area contributed by atoms with Crippen molar-refractivity contribution in [1.29, 1.82) is 0 Å². The highest BCUT2D eigenvalue weighted by atomic mass is 16.6. The van der Waals surface area contributed by atoms with Gasteiger partial charge in [0, 0.05) is 5.39 Å². The minimum atomic E-state index is -0.445. The number of rotatable bonds is 3. The van der Waals surface area contributed by atoms with E-state index in [1.54, 1.807) is 7.11 Å². The Hall–Kier alpha value is -2.36. The van der Waals surface area contributed by atoms with Gasteiger partial charge in [-0.05, 0) is 17.4 Å². The third kappa shape index (κ3) is 2.13. The van der Waals surface area contributed by atoms with Crippen LogP contribution in [-0.4, -0.2) is 19.0 Å². The quantitative estimate of drug-likeness (QED) is 0.635. The molecular weight excluding hydrogens is 256 g/mol. The Kier molecular flexibility index (Phi) is 3.14. The maximum atomic E-state index is 11.6. The van der Waals surface area contributed by atoms with Crippen molar-refractivity contribution in [3.63, 3.8) is 0 Å². The van der Waals surface area contributed by atoms with Gasteiger partial charge in [-0.25, -0.2) is 0 Å². The Morgan fingerprint density at radius 3 is 2.70 bits per heavy atom. The number of carbonyl (C=O) groups is 2. The summed E-state index contributed by atoms with van der Waals surface area (Å²) >= 11 is 0. The van der Waals surface area contributed by atoms with Crippen molar-refractivity contribution in [2.24, 2.45) is 5.92 Å². The number of methoxy groups -OCH3 is 1. The van der Waals surface area contributed by atoms with Crippen molar-refractivity contribution in [3.8, 4) is 5.75 Å². The molecule has 0 saturated carbocycles. The molecule has 0 aliphatic carbocycles. The molecule has 2 aromatic rings. The van der Waals surface area contributed by atoms with Gasteiger partial charge in [-0.15, -0.1) is 0 Å². The number of benzene rings is 2. The van der Waals surface area contributed by atoms with Crippen LogP contribution in [0.15, 0.2) is 36.4 Å². The molecule has 3 rings (SSSR count). The fraction of sp³-hybridized carbons (Fsp3) is 0.250. The lowest BCUT2D eigenvalue weighted by Gasteiger charge is -2.13. The standard InChI is InChI=1S/C16H14O4/c1-19-15-11(8-12-9-14(17)20-16(12)18)7-6-10-4-2-3-5-13(10)15/h2-7,12H,8-9H2,1H3. The molecule has 20 heavy (non-hydrogen) atoms. The summed E-state index contributed by atoms with van der Waals surface area (Å²) < 4.78 is 10.1. The second kappa shape index (κ2) is 4.96. The molecule has 1 atom stereocenters. The van der Waals surface area contributed by atoms with Gasteiger partial charge in [0.15, 0.2) is 0 Å². The monoisotopic (exact) mass is 270 g/mol. The maximum Gasteiger partial charge on any atom is 0.317 e. The van der Waals surface area contributed by atoms with E-state index < -0.39 is 17.9 Å². The summed E-state index contributed by atoms with van der Waals surface area (Å²) in [6, 6.07) is 11.8. The van der Waals surface area contributed by atoms with Crippen molar-refractivity contribution in [1.82, 2.24) is 0 Å². The highest BCUT2D eigenvalue weighted by Crippen LogP contribution is 2.33. The number of ether oxygens (including phenoxy) is 2. The van der Waals surface area contributed by atoms with E-state index >= 15 is 0 Å². The Morgan fingerprint density at radius 1 is 1.20 bits per heavy atom. The van der Waals surface area contributed by atoms with Gasteiger partial charge in [0.25, 0.3) is 0 Å². The summed E-state index contributed by atoms with van der Waals surface area (Å²) in [5.74, 6) is -0.530. The maximum absolute atomic E-state index is 11.6. The van der Waals surface area contributed by atoms with Crippen molar-refractivity contribution >= 4 is 22.7 Å². The lowest BCUT2D eigenvalue weighted by molar-refractivity contribution is -0.153. The first-order valence-electron chi connectivity index (χ1n) is 6.48. The molecule has 4 heteroatoms. The Balaban J connectivity index is 1.99. The molecule has 0 aromatic heterocycles. The number of hydrogen-bond donors (Lipinski definition) is 0. The third-order valence-electron chi connectivity index (χ3n) is 3.59. The van der Waals surface area contributed by atoms with Crippen LogP contribution in [0.2, 0.25) is 0 Å². The van der Waals surface area contributed by atoms with Gasteiger partial charge in [-0.3, -0.25) is 9.59 Å². The van der Waals surface area contributed by atoms with Crippen LogP contribution in [0.25, 0.3) is 10.8 Å². The number of cyclic esters (lactones) is 2. The fourth-order valence-electron chi connectivity index (χ4n) is 2.63. The summed E-state index contributed by atoms with van der Waals surface area (Å²) in [5, 5.41) is 2.09. The average molecular weight is 270 g/mol. The summed E-state index contributed by atoms with van der Waals surface area (Å²) in [7, 11) is 1.61. The fourth-order valence-corrected chi connectivity index (χ4v) is 2.63. The minimum absolute atomic E-state index is 0.148. The summed E-state index contributed by atoms with van der Waals surface area (Å²) in [6.45, 7) is 0. The molecule has 1 saturated heterocycles. The van der Waals surface area contributed by atoms with Gasteiger partial charge in [-0.1, -0.05) is 36.4 Å². The van der Waals surface area contributed by atoms with E-state index in [1.807, 2.05) is 36.4 Å². The van der Waals surface area contributed by atoms with E-state index in [0.29, 0.717) is 6.42 Å². The van der Waals surface area contributed by atoms with E-state index in [9.17, 15) is 9.59 Å². The van der Waals surface area contributed by atoms with Gasteiger partial charge in [0.05, 0.1) is 19.4 Å². The van der Waals surface area contributed by atoms with E-state index in [1.165, 1.54) is 0 Å². The highest BCUT2D eigenvalue weighted by Gasteiger charge is 2.34. The van der Waals surface area contributed by atoms with Gasteiger partial charge in [0.1, 0.15) is 5.75 Å². The molecule has 1 aliphatic rings. The molecule has 1 fully saturated rings. The average Bonchev–Trinajstić information content (AvgIpc) is 2.76. The topological polar surface area (TPSA) is 52.6 Å². The second-order valence-electron chi connectivity index (χ2n) is 4.88. The van der Waals surface area contributed by atoms with Crippen LogP contribution in [0.5, 0.6) is 5.75 Å². The van der Waals surface area contributed by atoms with Crippen LogP contribution < -0.4 is 4.74 Å². The molecule has 2 aromatic carbocycles. The second-order valence-corrected chi connectivity index (χ2v) is 4.88. The van der Waals surface area contributed by atoms with Crippen molar-refractivity contribution in [2.45, 2.75) is 12.8 Å². The Bertz CT molecular complexity index is 690. The van der Waals surface area contributed by atoms with Crippen LogP contribution in [-0.2, 0) is 20.7 Å². The summed E-state index contributed by atoms with van der Waals surface area (Å²) in [5.41, 5.74) is 0.919. The van der Waals surface area contributed by atoms with Gasteiger partial charge in [0.2, 0.25) is 0 Å². The molecule has 4 nitrogen and oxygen atoms in total. The van der Waals surface area contributed by atoms with Crippen LogP contribution in [0.3, 0.4) is 0 Å². The van der Waals surface area contributed by atoms with Crippen molar-refractivity contribution < 1.29 is 19.1 Å². The molecular formula is C16H14O4. The molecule has 0 N–H and O–H groups in total. The molecule has 102 valence electrons. The first-order chi connectivity index (χ1) is 9.69.